The van der Waals surface area contributed by atoms with Crippen molar-refractivity contribution in [1.82, 2.24) is 10.2 Å². The van der Waals surface area contributed by atoms with Gasteiger partial charge in [0.05, 0.1) is 15.6 Å². The quantitative estimate of drug-likeness (QED) is 0.254. The van der Waals surface area contributed by atoms with Crippen molar-refractivity contribution in [2.24, 2.45) is 0 Å². The van der Waals surface area contributed by atoms with Crippen molar-refractivity contribution in [2.75, 3.05) is 10.8 Å². The Morgan fingerprint density at radius 1 is 0.927 bits per heavy atom. The van der Waals surface area contributed by atoms with Gasteiger partial charge in [-0.1, -0.05) is 91.0 Å². The Balaban J connectivity index is 1.75. The van der Waals surface area contributed by atoms with Gasteiger partial charge < -0.3 is 10.2 Å². The Labute approximate surface area is 256 Å². The van der Waals surface area contributed by atoms with Crippen molar-refractivity contribution >= 4 is 62.3 Å². The van der Waals surface area contributed by atoms with Crippen molar-refractivity contribution in [1.29, 1.82) is 0 Å². The van der Waals surface area contributed by atoms with E-state index in [4.69, 9.17) is 34.8 Å². The Kier molecular flexibility index (Phi) is 10.6. The van der Waals surface area contributed by atoms with E-state index in [1.165, 1.54) is 35.2 Å². The molecule has 11 heteroatoms. The molecule has 1 aliphatic carbocycles. The third-order valence-corrected chi connectivity index (χ3v) is 9.87. The van der Waals surface area contributed by atoms with Gasteiger partial charge in [-0.3, -0.25) is 13.9 Å². The minimum atomic E-state index is -4.26. The highest BCUT2D eigenvalue weighted by Crippen LogP contribution is 2.33. The fourth-order valence-corrected chi connectivity index (χ4v) is 7.08. The molecule has 0 aromatic heterocycles. The summed E-state index contributed by atoms with van der Waals surface area (Å²) in [5, 5.41) is 3.87. The number of halogens is 3. The Morgan fingerprint density at radius 2 is 1.59 bits per heavy atom. The number of carbonyl (C=O) groups is 2. The normalized spacial score (nSPS) is 14.4. The number of benzene rings is 3. The first-order chi connectivity index (χ1) is 19.6. The van der Waals surface area contributed by atoms with Gasteiger partial charge in [0.25, 0.3) is 10.0 Å². The van der Waals surface area contributed by atoms with Crippen LogP contribution in [0.4, 0.5) is 5.69 Å². The molecule has 3 aromatic carbocycles. The van der Waals surface area contributed by atoms with E-state index < -0.39 is 28.5 Å². The molecular weight excluding hydrogens is 605 g/mol. The van der Waals surface area contributed by atoms with E-state index in [1.807, 2.05) is 6.92 Å². The Bertz CT molecular complexity index is 1480. The zero-order chi connectivity index (χ0) is 29.6. The number of hydrogen-bond acceptors (Lipinski definition) is 4. The fourth-order valence-electron chi connectivity index (χ4n) is 5.01. The summed E-state index contributed by atoms with van der Waals surface area (Å²) in [7, 11) is -4.26. The molecule has 1 saturated carbocycles. The van der Waals surface area contributed by atoms with Crippen molar-refractivity contribution in [2.45, 2.75) is 62.6 Å². The predicted octanol–water partition coefficient (Wildman–Crippen LogP) is 6.71. The average molecular weight is 637 g/mol. The minimum absolute atomic E-state index is 0.0115. The Hall–Kier alpha value is -2.78. The van der Waals surface area contributed by atoms with Gasteiger partial charge in [0.15, 0.2) is 0 Å². The van der Waals surface area contributed by atoms with E-state index in [0.29, 0.717) is 17.0 Å². The number of hydrogen-bond donors (Lipinski definition) is 1. The summed E-state index contributed by atoms with van der Waals surface area (Å²) < 4.78 is 28.8. The molecule has 1 unspecified atom stereocenters. The molecule has 1 aliphatic rings. The molecule has 218 valence electrons. The first kappa shape index (κ1) is 31.2. The van der Waals surface area contributed by atoms with Crippen molar-refractivity contribution < 1.29 is 18.0 Å². The van der Waals surface area contributed by atoms with Crippen LogP contribution < -0.4 is 9.62 Å². The summed E-state index contributed by atoms with van der Waals surface area (Å²) in [6.45, 7) is 1.21. The molecule has 4 rings (SSSR count). The zero-order valence-corrected chi connectivity index (χ0v) is 25.7. The van der Waals surface area contributed by atoms with Crippen LogP contribution in [0.15, 0.2) is 77.7 Å². The van der Waals surface area contributed by atoms with E-state index in [-0.39, 0.29) is 39.1 Å². The number of sulfonamides is 1. The minimum Gasteiger partial charge on any atom is -0.352 e. The summed E-state index contributed by atoms with van der Waals surface area (Å²) in [6, 6.07) is 18.4. The topological polar surface area (TPSA) is 86.8 Å². The van der Waals surface area contributed by atoms with Gasteiger partial charge in [-0.05, 0) is 61.2 Å². The highest BCUT2D eigenvalue weighted by atomic mass is 35.5. The van der Waals surface area contributed by atoms with Crippen molar-refractivity contribution in [3.63, 3.8) is 0 Å². The van der Waals surface area contributed by atoms with Crippen molar-refractivity contribution in [3.8, 4) is 0 Å². The monoisotopic (exact) mass is 635 g/mol. The molecule has 0 radical (unpaired) electrons. The second kappa shape index (κ2) is 13.9. The van der Waals surface area contributed by atoms with Crippen molar-refractivity contribution in [3.05, 3.63) is 93.4 Å². The third kappa shape index (κ3) is 7.55. The molecule has 0 aliphatic heterocycles. The molecular formula is C30H32Cl3N3O4S. The number of rotatable bonds is 11. The molecule has 0 saturated heterocycles. The lowest BCUT2D eigenvalue weighted by molar-refractivity contribution is -0.140. The van der Waals surface area contributed by atoms with Gasteiger partial charge in [0.2, 0.25) is 11.8 Å². The van der Waals surface area contributed by atoms with E-state index >= 15 is 0 Å². The largest absolute Gasteiger partial charge is 0.352 e. The lowest BCUT2D eigenvalue weighted by atomic mass is 10.1. The Morgan fingerprint density at radius 3 is 2.24 bits per heavy atom. The van der Waals surface area contributed by atoms with Crippen LogP contribution in [0.25, 0.3) is 0 Å². The first-order valence-electron chi connectivity index (χ1n) is 13.5. The molecule has 3 aromatic rings. The van der Waals surface area contributed by atoms with Gasteiger partial charge in [-0.25, -0.2) is 8.42 Å². The fraction of sp³-hybridized carbons (Fsp3) is 0.333. The highest BCUT2D eigenvalue weighted by Gasteiger charge is 2.35. The molecule has 1 atom stereocenters. The summed E-state index contributed by atoms with van der Waals surface area (Å²) in [6.07, 6.45) is 4.17. The van der Waals surface area contributed by atoms with Crippen LogP contribution in [0, 0.1) is 0 Å². The molecule has 41 heavy (non-hydrogen) atoms. The SMILES string of the molecule is CCC(C(=O)NC1CCCC1)N(Cc1ccccc1Cl)C(=O)CN(c1cc(Cl)ccc1Cl)S(=O)(=O)c1ccccc1. The second-order valence-corrected chi connectivity index (χ2v) is 13.1. The van der Waals surface area contributed by atoms with Gasteiger partial charge in [0, 0.05) is 22.6 Å². The van der Waals surface area contributed by atoms with Gasteiger partial charge in [-0.15, -0.1) is 0 Å². The number of nitrogens with one attached hydrogen (secondary N) is 1. The maximum atomic E-state index is 14.2. The van der Waals surface area contributed by atoms with Crippen LogP contribution in [-0.4, -0.2) is 43.8 Å². The van der Waals surface area contributed by atoms with Crippen LogP contribution in [-0.2, 0) is 26.2 Å². The number of amides is 2. The standard InChI is InChI=1S/C30H32Cl3N3O4S/c1-2-27(30(38)34-23-11-7-8-12-23)35(19-21-10-6-9-15-25(21)32)29(37)20-36(28-18-22(31)16-17-26(28)33)41(39,40)24-13-4-3-5-14-24/h3-6,9-10,13-18,23,27H,2,7-8,11-12,19-20H2,1H3,(H,34,38). The summed E-state index contributed by atoms with van der Waals surface area (Å²) in [5.74, 6) is -0.869. The zero-order valence-electron chi connectivity index (χ0n) is 22.6. The van der Waals surface area contributed by atoms with Gasteiger partial charge >= 0.3 is 0 Å². The smallest absolute Gasteiger partial charge is 0.264 e. The van der Waals surface area contributed by atoms with Crippen LogP contribution in [0.2, 0.25) is 15.1 Å². The lowest BCUT2D eigenvalue weighted by Gasteiger charge is -2.34. The number of carbonyl (C=O) groups excluding carboxylic acids is 2. The van der Waals surface area contributed by atoms with E-state index in [2.05, 4.69) is 5.32 Å². The van der Waals surface area contributed by atoms with Gasteiger partial charge in [-0.2, -0.15) is 0 Å². The predicted molar refractivity (Wildman–Crippen MR) is 164 cm³/mol. The molecule has 2 amide bonds. The van der Waals surface area contributed by atoms with Crippen LogP contribution in [0.3, 0.4) is 0 Å². The van der Waals surface area contributed by atoms with Crippen LogP contribution in [0.1, 0.15) is 44.6 Å². The lowest BCUT2D eigenvalue weighted by Crippen LogP contribution is -2.53. The summed E-state index contributed by atoms with van der Waals surface area (Å²) >= 11 is 19.1. The maximum Gasteiger partial charge on any atom is 0.264 e. The second-order valence-electron chi connectivity index (χ2n) is 9.95. The molecule has 0 bridgehead atoms. The number of nitrogens with zero attached hydrogens (tertiary/aromatic N) is 2. The highest BCUT2D eigenvalue weighted by molar-refractivity contribution is 7.92. The van der Waals surface area contributed by atoms with E-state index in [1.54, 1.807) is 42.5 Å². The molecule has 1 N–H and O–H groups in total. The first-order valence-corrected chi connectivity index (χ1v) is 16.0. The van der Waals surface area contributed by atoms with Crippen LogP contribution >= 0.6 is 34.8 Å². The van der Waals surface area contributed by atoms with Gasteiger partial charge in [0.1, 0.15) is 12.6 Å². The number of anilines is 1. The van der Waals surface area contributed by atoms with E-state index in [9.17, 15) is 18.0 Å². The average Bonchev–Trinajstić information content (AvgIpc) is 3.47. The molecule has 0 spiro atoms. The molecule has 1 fully saturated rings. The summed E-state index contributed by atoms with van der Waals surface area (Å²) in [4.78, 5) is 29.1. The maximum absolute atomic E-state index is 14.2. The third-order valence-electron chi connectivity index (χ3n) is 7.17. The molecule has 7 nitrogen and oxygen atoms in total. The van der Waals surface area contributed by atoms with Crippen LogP contribution in [0.5, 0.6) is 0 Å². The molecule has 0 heterocycles. The summed E-state index contributed by atoms with van der Waals surface area (Å²) in [5.41, 5.74) is 0.686. The van der Waals surface area contributed by atoms with E-state index in [0.717, 1.165) is 30.0 Å².